The van der Waals surface area contributed by atoms with E-state index in [0.717, 1.165) is 16.3 Å². The maximum absolute atomic E-state index is 12.0. The van der Waals surface area contributed by atoms with Gasteiger partial charge in [-0.25, -0.2) is 9.78 Å². The Bertz CT molecular complexity index is 956. The van der Waals surface area contributed by atoms with E-state index in [1.54, 1.807) is 6.20 Å². The summed E-state index contributed by atoms with van der Waals surface area (Å²) in [6, 6.07) is 13.9. The van der Waals surface area contributed by atoms with Crippen LogP contribution in [0.3, 0.4) is 0 Å². The number of rotatable bonds is 4. The van der Waals surface area contributed by atoms with Crippen LogP contribution in [-0.4, -0.2) is 22.6 Å². The van der Waals surface area contributed by atoms with Crippen LogP contribution < -0.4 is 16.0 Å². The minimum Gasteiger partial charge on any atom is -0.444 e. The Morgan fingerprint density at radius 3 is 2.79 bits per heavy atom. The molecule has 0 saturated heterocycles. The van der Waals surface area contributed by atoms with E-state index in [9.17, 15) is 4.79 Å². The summed E-state index contributed by atoms with van der Waals surface area (Å²) < 4.78 is 5.29. The molecule has 0 atom stereocenters. The number of aromatic nitrogens is 1. The lowest BCUT2D eigenvalue weighted by Crippen LogP contribution is -2.35. The summed E-state index contributed by atoms with van der Waals surface area (Å²) >= 11 is 1.53. The molecule has 0 aliphatic carbocycles. The van der Waals surface area contributed by atoms with Crippen molar-refractivity contribution in [1.82, 2.24) is 15.6 Å². The second kappa shape index (κ2) is 9.39. The highest BCUT2D eigenvalue weighted by Crippen LogP contribution is 2.22. The molecule has 2 heterocycles. The first-order valence-electron chi connectivity index (χ1n) is 9.26. The fourth-order valence-corrected chi connectivity index (χ4v) is 3.21. The van der Waals surface area contributed by atoms with Crippen molar-refractivity contribution in [3.8, 4) is 11.8 Å². The number of carbonyl (C=O) groups excluding carboxylic acids is 1. The van der Waals surface area contributed by atoms with Gasteiger partial charge in [0.1, 0.15) is 22.1 Å². The van der Waals surface area contributed by atoms with Gasteiger partial charge in [-0.05, 0) is 38.5 Å². The average Bonchev–Trinajstić information content (AvgIpc) is 3.11. The van der Waals surface area contributed by atoms with Crippen LogP contribution >= 0.6 is 11.8 Å². The molecule has 1 amide bonds. The number of carbonyl (C=O) groups is 1. The van der Waals surface area contributed by atoms with Crippen LogP contribution in [-0.2, 0) is 11.3 Å². The topological polar surface area (TPSA) is 75.3 Å². The molecule has 0 fully saturated rings. The summed E-state index contributed by atoms with van der Waals surface area (Å²) in [6.45, 7) is 6.17. The number of thioether (sulfide) groups is 1. The molecular formula is C22H24N4O2S. The predicted molar refractivity (Wildman–Crippen MR) is 117 cm³/mol. The van der Waals surface area contributed by atoms with Crippen LogP contribution in [0.1, 0.15) is 31.9 Å². The van der Waals surface area contributed by atoms with Crippen LogP contribution in [0.2, 0.25) is 0 Å². The maximum Gasteiger partial charge on any atom is 0.413 e. The van der Waals surface area contributed by atoms with Gasteiger partial charge in [-0.1, -0.05) is 53.9 Å². The van der Waals surface area contributed by atoms with Crippen LogP contribution in [0.4, 0.5) is 10.6 Å². The number of nitrogens with zero attached hydrogens (tertiary/aromatic N) is 1. The fourth-order valence-electron chi connectivity index (χ4n) is 2.46. The number of nitrogens with one attached hydrogen (secondary N) is 3. The van der Waals surface area contributed by atoms with E-state index in [4.69, 9.17) is 4.74 Å². The minimum atomic E-state index is -0.553. The van der Waals surface area contributed by atoms with Gasteiger partial charge in [-0.3, -0.25) is 5.32 Å². The summed E-state index contributed by atoms with van der Waals surface area (Å²) in [6.07, 6.45) is 1.23. The van der Waals surface area contributed by atoms with Crippen molar-refractivity contribution >= 4 is 23.7 Å². The van der Waals surface area contributed by atoms with Crippen molar-refractivity contribution in [1.29, 1.82) is 0 Å². The molecule has 0 radical (unpaired) electrons. The van der Waals surface area contributed by atoms with E-state index in [-0.39, 0.29) is 0 Å². The molecule has 0 bridgehead atoms. The second-order valence-electron chi connectivity index (χ2n) is 7.32. The lowest BCUT2D eigenvalue weighted by molar-refractivity contribution is 0.0543. The fraction of sp³-hybridized carbons (Fsp3) is 0.273. The van der Waals surface area contributed by atoms with Gasteiger partial charge >= 0.3 is 6.09 Å². The summed E-state index contributed by atoms with van der Waals surface area (Å²) in [5.41, 5.74) is 1.47. The quantitative estimate of drug-likeness (QED) is 0.663. The average molecular weight is 409 g/mol. The molecular weight excluding hydrogens is 384 g/mol. The standard InChI is InChI=1S/C22H24N4O2S/c1-22(2,3)28-21(27)26-20-18(29-15-25-20)10-9-16-11-12-23-19(13-16)24-14-17-7-5-4-6-8-17/h4-8,11-13,25H,14-15H2,1-3H3,(H,23,24)(H,26,27). The number of anilines is 1. The van der Waals surface area contributed by atoms with E-state index in [0.29, 0.717) is 18.2 Å². The van der Waals surface area contributed by atoms with E-state index >= 15 is 0 Å². The van der Waals surface area contributed by atoms with Gasteiger partial charge in [0.15, 0.2) is 0 Å². The Morgan fingerprint density at radius 1 is 1.24 bits per heavy atom. The highest BCUT2D eigenvalue weighted by atomic mass is 32.2. The second-order valence-corrected chi connectivity index (χ2v) is 8.30. The highest BCUT2D eigenvalue weighted by molar-refractivity contribution is 8.03. The van der Waals surface area contributed by atoms with Gasteiger partial charge < -0.3 is 15.4 Å². The normalized spacial score (nSPS) is 13.2. The van der Waals surface area contributed by atoms with E-state index < -0.39 is 11.7 Å². The van der Waals surface area contributed by atoms with Gasteiger partial charge in [0.05, 0.1) is 5.88 Å². The van der Waals surface area contributed by atoms with Gasteiger partial charge in [0.25, 0.3) is 0 Å². The van der Waals surface area contributed by atoms with E-state index in [1.807, 2.05) is 51.1 Å². The molecule has 0 unspecified atom stereocenters. The number of hydrogen-bond acceptors (Lipinski definition) is 6. The summed E-state index contributed by atoms with van der Waals surface area (Å²) in [5, 5.41) is 9.15. The molecule has 1 aliphatic rings. The number of hydrogen-bond donors (Lipinski definition) is 3. The number of allylic oxidation sites excluding steroid dienone is 1. The van der Waals surface area contributed by atoms with Crippen molar-refractivity contribution < 1.29 is 9.53 Å². The van der Waals surface area contributed by atoms with Crippen LogP contribution in [0.5, 0.6) is 0 Å². The number of amides is 1. The third-order valence-electron chi connectivity index (χ3n) is 3.72. The van der Waals surface area contributed by atoms with E-state index in [1.165, 1.54) is 17.3 Å². The maximum atomic E-state index is 12.0. The number of benzene rings is 1. The molecule has 3 rings (SSSR count). The molecule has 2 aromatic rings. The first kappa shape index (κ1) is 20.6. The molecule has 7 heteroatoms. The Hall–Kier alpha value is -3.11. The van der Waals surface area contributed by atoms with Gasteiger partial charge in [-0.15, -0.1) is 0 Å². The molecule has 150 valence electrons. The largest absolute Gasteiger partial charge is 0.444 e. The highest BCUT2D eigenvalue weighted by Gasteiger charge is 2.20. The molecule has 1 aromatic carbocycles. The molecule has 1 aromatic heterocycles. The molecule has 0 spiro atoms. The van der Waals surface area contributed by atoms with Crippen molar-refractivity contribution in [3.63, 3.8) is 0 Å². The summed E-state index contributed by atoms with van der Waals surface area (Å²) in [4.78, 5) is 17.1. The third-order valence-corrected chi connectivity index (χ3v) is 4.60. The van der Waals surface area contributed by atoms with Gasteiger partial charge in [0.2, 0.25) is 0 Å². The monoisotopic (exact) mass is 408 g/mol. The first-order chi connectivity index (χ1) is 13.9. The van der Waals surface area contributed by atoms with Gasteiger partial charge in [-0.2, -0.15) is 0 Å². The molecule has 6 nitrogen and oxygen atoms in total. The van der Waals surface area contributed by atoms with Crippen LogP contribution in [0, 0.1) is 11.8 Å². The summed E-state index contributed by atoms with van der Waals surface area (Å²) in [5.74, 6) is 8.25. The van der Waals surface area contributed by atoms with Crippen molar-refractivity contribution in [3.05, 3.63) is 70.5 Å². The first-order valence-corrected chi connectivity index (χ1v) is 10.2. The van der Waals surface area contributed by atoms with Crippen LogP contribution in [0.25, 0.3) is 0 Å². The molecule has 1 aliphatic heterocycles. The van der Waals surface area contributed by atoms with Gasteiger partial charge in [0, 0.05) is 18.3 Å². The number of ether oxygens (including phenoxy) is 1. The number of alkyl carbamates (subject to hydrolysis) is 1. The molecule has 0 saturated carbocycles. The SMILES string of the molecule is CC(C)(C)OC(=O)NC1=C(C#Cc2ccnc(NCc3ccccc3)c2)SCN1. The Labute approximate surface area is 175 Å². The van der Waals surface area contributed by atoms with Crippen LogP contribution in [0.15, 0.2) is 59.4 Å². The van der Waals surface area contributed by atoms with E-state index in [2.05, 4.69) is 44.9 Å². The minimum absolute atomic E-state index is 0.502. The van der Waals surface area contributed by atoms with Crippen molar-refractivity contribution in [2.24, 2.45) is 0 Å². The predicted octanol–water partition coefficient (Wildman–Crippen LogP) is 4.03. The third kappa shape index (κ3) is 6.77. The zero-order valence-electron chi connectivity index (χ0n) is 16.7. The zero-order valence-corrected chi connectivity index (χ0v) is 17.5. The zero-order chi connectivity index (χ0) is 20.7. The molecule has 3 N–H and O–H groups in total. The Balaban J connectivity index is 1.66. The Morgan fingerprint density at radius 2 is 2.03 bits per heavy atom. The Kier molecular flexibility index (Phi) is 6.68. The summed E-state index contributed by atoms with van der Waals surface area (Å²) in [7, 11) is 0. The lowest BCUT2D eigenvalue weighted by atomic mass is 10.2. The smallest absolute Gasteiger partial charge is 0.413 e. The molecule has 29 heavy (non-hydrogen) atoms. The van der Waals surface area contributed by atoms with Crippen molar-refractivity contribution in [2.45, 2.75) is 32.9 Å². The lowest BCUT2D eigenvalue weighted by Gasteiger charge is -2.20. The number of pyridine rings is 1. The van der Waals surface area contributed by atoms with Crippen molar-refractivity contribution in [2.75, 3.05) is 11.2 Å².